The number of rotatable bonds is 6. The van der Waals surface area contributed by atoms with E-state index < -0.39 is 0 Å². The summed E-state index contributed by atoms with van der Waals surface area (Å²) in [5.41, 5.74) is 1.01. The lowest BCUT2D eigenvalue weighted by Crippen LogP contribution is -2.20. The lowest BCUT2D eigenvalue weighted by Gasteiger charge is -2.31. The lowest BCUT2D eigenvalue weighted by molar-refractivity contribution is 0.0720. The van der Waals surface area contributed by atoms with Crippen molar-refractivity contribution in [3.8, 4) is 5.75 Å². The zero-order valence-corrected chi connectivity index (χ0v) is 12.8. The fourth-order valence-electron chi connectivity index (χ4n) is 3.43. The van der Waals surface area contributed by atoms with Crippen molar-refractivity contribution >= 4 is 0 Å². The summed E-state index contributed by atoms with van der Waals surface area (Å²) in [5, 5.41) is 10.6. The zero-order chi connectivity index (χ0) is 14.4. The van der Waals surface area contributed by atoms with Crippen molar-refractivity contribution in [2.45, 2.75) is 58.5 Å². The van der Waals surface area contributed by atoms with Gasteiger partial charge in [0.25, 0.3) is 0 Å². The molecule has 2 rings (SSSR count). The van der Waals surface area contributed by atoms with Crippen LogP contribution in [0.5, 0.6) is 5.75 Å². The van der Waals surface area contributed by atoms with Crippen LogP contribution in [0.2, 0.25) is 0 Å². The van der Waals surface area contributed by atoms with Crippen molar-refractivity contribution in [1.82, 2.24) is 0 Å². The Bertz CT molecular complexity index is 394. The highest BCUT2D eigenvalue weighted by Gasteiger charge is 2.27. The van der Waals surface area contributed by atoms with E-state index in [0.29, 0.717) is 12.5 Å². The van der Waals surface area contributed by atoms with Crippen LogP contribution in [0, 0.1) is 11.8 Å². The van der Waals surface area contributed by atoms with Gasteiger partial charge in [-0.25, -0.2) is 0 Å². The highest BCUT2D eigenvalue weighted by Crippen LogP contribution is 2.38. The van der Waals surface area contributed by atoms with Gasteiger partial charge in [0.1, 0.15) is 5.75 Å². The normalized spacial score (nSPS) is 24.4. The SMILES string of the molecule is CCCC1CCC(C(O)c2cccc(OCC)c2)CC1. The molecule has 1 aromatic carbocycles. The highest BCUT2D eigenvalue weighted by molar-refractivity contribution is 5.30. The molecule has 0 heterocycles. The number of ether oxygens (including phenoxy) is 1. The summed E-state index contributed by atoms with van der Waals surface area (Å²) in [6.07, 6.45) is 7.17. The van der Waals surface area contributed by atoms with Crippen molar-refractivity contribution in [2.24, 2.45) is 11.8 Å². The molecule has 2 nitrogen and oxygen atoms in total. The van der Waals surface area contributed by atoms with Gasteiger partial charge in [-0.05, 0) is 49.3 Å². The maximum atomic E-state index is 10.6. The van der Waals surface area contributed by atoms with E-state index in [2.05, 4.69) is 6.92 Å². The number of hydrogen-bond donors (Lipinski definition) is 1. The van der Waals surface area contributed by atoms with Crippen LogP contribution in [0.15, 0.2) is 24.3 Å². The molecule has 0 bridgehead atoms. The molecule has 1 aliphatic carbocycles. The molecule has 1 unspecified atom stereocenters. The second-order valence-electron chi connectivity index (χ2n) is 6.02. The minimum atomic E-state index is -0.335. The minimum Gasteiger partial charge on any atom is -0.494 e. The van der Waals surface area contributed by atoms with Crippen LogP contribution in [-0.4, -0.2) is 11.7 Å². The number of benzene rings is 1. The molecule has 1 atom stereocenters. The van der Waals surface area contributed by atoms with Crippen molar-refractivity contribution in [2.75, 3.05) is 6.61 Å². The van der Waals surface area contributed by atoms with E-state index in [1.165, 1.54) is 25.7 Å². The monoisotopic (exact) mass is 276 g/mol. The summed E-state index contributed by atoms with van der Waals surface area (Å²) in [6.45, 7) is 4.92. The topological polar surface area (TPSA) is 29.5 Å². The zero-order valence-electron chi connectivity index (χ0n) is 12.8. The van der Waals surface area contributed by atoms with Gasteiger partial charge >= 0.3 is 0 Å². The van der Waals surface area contributed by atoms with Crippen LogP contribution >= 0.6 is 0 Å². The Morgan fingerprint density at radius 1 is 1.20 bits per heavy atom. The molecule has 20 heavy (non-hydrogen) atoms. The molecule has 0 amide bonds. The van der Waals surface area contributed by atoms with Crippen molar-refractivity contribution < 1.29 is 9.84 Å². The van der Waals surface area contributed by atoms with E-state index in [1.54, 1.807) is 0 Å². The largest absolute Gasteiger partial charge is 0.494 e. The Morgan fingerprint density at radius 2 is 1.95 bits per heavy atom. The molecule has 0 radical (unpaired) electrons. The number of aliphatic hydroxyl groups excluding tert-OH is 1. The second kappa shape index (κ2) is 7.68. The van der Waals surface area contributed by atoms with Gasteiger partial charge in [-0.1, -0.05) is 44.7 Å². The molecular weight excluding hydrogens is 248 g/mol. The summed E-state index contributed by atoms with van der Waals surface area (Å²) in [6, 6.07) is 7.95. The summed E-state index contributed by atoms with van der Waals surface area (Å²) in [7, 11) is 0. The van der Waals surface area contributed by atoms with Gasteiger partial charge in [-0.15, -0.1) is 0 Å². The third kappa shape index (κ3) is 3.99. The van der Waals surface area contributed by atoms with E-state index in [4.69, 9.17) is 4.74 Å². The Hall–Kier alpha value is -1.02. The first-order valence-corrected chi connectivity index (χ1v) is 8.15. The Morgan fingerprint density at radius 3 is 2.60 bits per heavy atom. The van der Waals surface area contributed by atoms with Crippen LogP contribution < -0.4 is 4.74 Å². The fraction of sp³-hybridized carbons (Fsp3) is 0.667. The van der Waals surface area contributed by atoms with Crippen LogP contribution in [-0.2, 0) is 0 Å². The summed E-state index contributed by atoms with van der Waals surface area (Å²) in [5.74, 6) is 2.17. The predicted octanol–water partition coefficient (Wildman–Crippen LogP) is 4.73. The van der Waals surface area contributed by atoms with E-state index >= 15 is 0 Å². The van der Waals surface area contributed by atoms with Gasteiger partial charge in [0.2, 0.25) is 0 Å². The molecule has 0 aromatic heterocycles. The third-order valence-electron chi connectivity index (χ3n) is 4.55. The number of hydrogen-bond acceptors (Lipinski definition) is 2. The van der Waals surface area contributed by atoms with E-state index in [1.807, 2.05) is 31.2 Å². The standard InChI is InChI=1S/C18H28O2/c1-3-6-14-9-11-15(12-10-14)18(19)16-7-5-8-17(13-16)20-4-2/h5,7-8,13-15,18-19H,3-4,6,9-12H2,1-2H3. The summed E-state index contributed by atoms with van der Waals surface area (Å²) < 4.78 is 5.52. The van der Waals surface area contributed by atoms with Gasteiger partial charge in [0.05, 0.1) is 12.7 Å². The fourth-order valence-corrected chi connectivity index (χ4v) is 3.43. The highest BCUT2D eigenvalue weighted by atomic mass is 16.5. The van der Waals surface area contributed by atoms with E-state index in [0.717, 1.165) is 30.1 Å². The van der Waals surface area contributed by atoms with Crippen molar-refractivity contribution in [3.63, 3.8) is 0 Å². The first kappa shape index (κ1) is 15.4. The van der Waals surface area contributed by atoms with Crippen LogP contribution in [0.4, 0.5) is 0 Å². The van der Waals surface area contributed by atoms with Crippen LogP contribution in [0.25, 0.3) is 0 Å². The molecule has 1 aliphatic rings. The van der Waals surface area contributed by atoms with Gasteiger partial charge in [-0.3, -0.25) is 0 Å². The maximum absolute atomic E-state index is 10.6. The Kier molecular flexibility index (Phi) is 5.90. The molecule has 1 N–H and O–H groups in total. The average Bonchev–Trinajstić information content (AvgIpc) is 2.48. The third-order valence-corrected chi connectivity index (χ3v) is 4.55. The van der Waals surface area contributed by atoms with Crippen molar-refractivity contribution in [1.29, 1.82) is 0 Å². The minimum absolute atomic E-state index is 0.335. The van der Waals surface area contributed by atoms with Gasteiger partial charge in [0, 0.05) is 0 Å². The molecule has 0 aliphatic heterocycles. The van der Waals surface area contributed by atoms with Crippen LogP contribution in [0.3, 0.4) is 0 Å². The van der Waals surface area contributed by atoms with E-state index in [9.17, 15) is 5.11 Å². The molecule has 1 aromatic rings. The molecule has 1 saturated carbocycles. The Labute approximate surface area is 123 Å². The second-order valence-corrected chi connectivity index (χ2v) is 6.02. The average molecular weight is 276 g/mol. The molecule has 0 saturated heterocycles. The molecule has 2 heteroatoms. The van der Waals surface area contributed by atoms with Gasteiger partial charge in [-0.2, -0.15) is 0 Å². The summed E-state index contributed by atoms with van der Waals surface area (Å²) >= 11 is 0. The molecule has 1 fully saturated rings. The first-order chi connectivity index (χ1) is 9.74. The smallest absolute Gasteiger partial charge is 0.119 e. The maximum Gasteiger partial charge on any atom is 0.119 e. The Balaban J connectivity index is 1.94. The number of aliphatic hydroxyl groups is 1. The van der Waals surface area contributed by atoms with Crippen molar-refractivity contribution in [3.05, 3.63) is 29.8 Å². The van der Waals surface area contributed by atoms with Gasteiger partial charge < -0.3 is 9.84 Å². The molecule has 112 valence electrons. The first-order valence-electron chi connectivity index (χ1n) is 8.15. The quantitative estimate of drug-likeness (QED) is 0.814. The molecular formula is C18H28O2. The predicted molar refractivity (Wildman–Crippen MR) is 82.9 cm³/mol. The van der Waals surface area contributed by atoms with Crippen LogP contribution in [0.1, 0.15) is 64.0 Å². The van der Waals surface area contributed by atoms with Gasteiger partial charge in [0.15, 0.2) is 0 Å². The lowest BCUT2D eigenvalue weighted by atomic mass is 9.76. The van der Waals surface area contributed by atoms with E-state index in [-0.39, 0.29) is 6.10 Å². The molecule has 0 spiro atoms. The summed E-state index contributed by atoms with van der Waals surface area (Å²) in [4.78, 5) is 0.